The smallest absolute Gasteiger partial charge is 0.249 e. The van der Waals surface area contributed by atoms with Crippen LogP contribution in [-0.2, 0) is 20.6 Å². The van der Waals surface area contributed by atoms with Gasteiger partial charge in [0.1, 0.15) is 23.9 Å². The zero-order valence-electron chi connectivity index (χ0n) is 19.1. The first-order valence-corrected chi connectivity index (χ1v) is 11.7. The highest BCUT2D eigenvalue weighted by Gasteiger charge is 2.68. The number of hydrogen-bond donors (Lipinski definition) is 7. The third kappa shape index (κ3) is 4.57. The molecule has 4 rings (SSSR count). The normalized spacial score (nSPS) is 45.3. The van der Waals surface area contributed by atoms with Gasteiger partial charge < -0.3 is 51.0 Å². The summed E-state index contributed by atoms with van der Waals surface area (Å²) < 4.78 is 17.8. The van der Waals surface area contributed by atoms with E-state index in [1.165, 1.54) is 5.56 Å². The number of likely N-dealkylation sites (N-methyl/N-ethyl adjacent to an activating group) is 1. The Hall–Kier alpha value is -1.18. The molecule has 33 heavy (non-hydrogen) atoms. The molecule has 10 heteroatoms. The van der Waals surface area contributed by atoms with Crippen LogP contribution in [-0.4, -0.2) is 101 Å². The van der Waals surface area contributed by atoms with Crippen molar-refractivity contribution >= 4 is 0 Å². The van der Waals surface area contributed by atoms with E-state index in [-0.39, 0.29) is 13.0 Å². The maximum absolute atomic E-state index is 11.6. The van der Waals surface area contributed by atoms with E-state index < -0.39 is 60.3 Å². The van der Waals surface area contributed by atoms with Crippen LogP contribution in [0, 0.1) is 0 Å². The maximum Gasteiger partial charge on any atom is 0.249 e. The van der Waals surface area contributed by atoms with Crippen molar-refractivity contribution < 1.29 is 34.6 Å². The van der Waals surface area contributed by atoms with Crippen LogP contribution < -0.4 is 16.4 Å². The Kier molecular flexibility index (Phi) is 7.42. The lowest BCUT2D eigenvalue weighted by Gasteiger charge is -2.60. The summed E-state index contributed by atoms with van der Waals surface area (Å²) in [5.41, 5.74) is 5.49. The number of aryl methyl sites for hydroxylation is 1. The Morgan fingerprint density at radius 1 is 1.09 bits per heavy atom. The molecule has 0 radical (unpaired) electrons. The quantitative estimate of drug-likeness (QED) is 0.228. The molecule has 10 nitrogen and oxygen atoms in total. The van der Waals surface area contributed by atoms with Crippen molar-refractivity contribution in [1.82, 2.24) is 10.6 Å². The van der Waals surface area contributed by atoms with Crippen molar-refractivity contribution in [2.45, 2.75) is 86.5 Å². The zero-order chi connectivity index (χ0) is 23.8. The fourth-order valence-corrected chi connectivity index (χ4v) is 5.28. The second-order valence-electron chi connectivity index (χ2n) is 9.53. The summed E-state index contributed by atoms with van der Waals surface area (Å²) in [6.45, 7) is 2.46. The van der Waals surface area contributed by atoms with E-state index in [2.05, 4.69) is 22.8 Å². The summed E-state index contributed by atoms with van der Waals surface area (Å²) >= 11 is 0. The highest BCUT2D eigenvalue weighted by Crippen LogP contribution is 2.46. The van der Waals surface area contributed by atoms with Crippen LogP contribution in [0.15, 0.2) is 30.3 Å². The molecule has 8 N–H and O–H groups in total. The lowest BCUT2D eigenvalue weighted by Crippen LogP contribution is -2.81. The molecule has 0 spiro atoms. The molecular weight excluding hydrogens is 430 g/mol. The van der Waals surface area contributed by atoms with Crippen molar-refractivity contribution in [3.8, 4) is 0 Å². The summed E-state index contributed by atoms with van der Waals surface area (Å²) in [6.07, 6.45) is -4.16. The largest absolute Gasteiger partial charge is 0.390 e. The third-order valence-electron chi connectivity index (χ3n) is 7.15. The average molecular weight is 468 g/mol. The average Bonchev–Trinajstić information content (AvgIpc) is 2.79. The van der Waals surface area contributed by atoms with Gasteiger partial charge >= 0.3 is 0 Å². The van der Waals surface area contributed by atoms with Gasteiger partial charge in [0, 0.05) is 13.0 Å². The van der Waals surface area contributed by atoms with Crippen LogP contribution in [0.3, 0.4) is 0 Å². The molecule has 186 valence electrons. The number of fused-ring (bicyclic) bond motifs is 2. The molecule has 3 aliphatic rings. The number of ether oxygens (including phenoxy) is 3. The first-order valence-electron chi connectivity index (χ1n) is 11.7. The summed E-state index contributed by atoms with van der Waals surface area (Å²) in [6, 6.07) is 8.44. The summed E-state index contributed by atoms with van der Waals surface area (Å²) in [4.78, 5) is 0. The molecule has 0 aromatic heterocycles. The van der Waals surface area contributed by atoms with Gasteiger partial charge in [0.2, 0.25) is 12.1 Å². The Labute approximate surface area is 194 Å². The summed E-state index contributed by atoms with van der Waals surface area (Å²) in [5.74, 6) is -2.21. The van der Waals surface area contributed by atoms with Crippen LogP contribution in [0.25, 0.3) is 0 Å². The molecule has 0 amide bonds. The molecule has 1 aromatic carbocycles. The highest BCUT2D eigenvalue weighted by molar-refractivity contribution is 5.15. The molecule has 1 aliphatic carbocycles. The molecular formula is C23H37N3O7. The molecule has 2 heterocycles. The topological polar surface area (TPSA) is 159 Å². The van der Waals surface area contributed by atoms with Gasteiger partial charge in [0.25, 0.3) is 0 Å². The lowest BCUT2D eigenvalue weighted by molar-refractivity contribution is -0.481. The first kappa shape index (κ1) is 24.9. The molecule has 2 saturated heterocycles. The Morgan fingerprint density at radius 3 is 2.52 bits per heavy atom. The monoisotopic (exact) mass is 467 g/mol. The molecule has 1 aromatic rings. The molecule has 2 aliphatic heterocycles. The summed E-state index contributed by atoms with van der Waals surface area (Å²) in [7, 11) is 1.62. The van der Waals surface area contributed by atoms with E-state index in [1.807, 2.05) is 18.2 Å². The SMILES string of the molecule is CN[C@H]1[C@@H](O)[C@@H](N)[C@H](O)C2O[C@@H]3O[C@H](C)C[C@@](O)(CNCCCc4ccccc4)[C@]3(O)O[C@@H]21. The van der Waals surface area contributed by atoms with Crippen molar-refractivity contribution in [1.29, 1.82) is 0 Å². The third-order valence-corrected chi connectivity index (χ3v) is 7.15. The van der Waals surface area contributed by atoms with E-state index in [9.17, 15) is 20.4 Å². The predicted octanol–water partition coefficient (Wildman–Crippen LogP) is -1.80. The van der Waals surface area contributed by atoms with Crippen molar-refractivity contribution in [2.75, 3.05) is 20.1 Å². The predicted molar refractivity (Wildman–Crippen MR) is 119 cm³/mol. The van der Waals surface area contributed by atoms with Crippen LogP contribution in [0.4, 0.5) is 0 Å². The van der Waals surface area contributed by atoms with Crippen LogP contribution in [0.1, 0.15) is 25.3 Å². The van der Waals surface area contributed by atoms with Crippen LogP contribution in [0.2, 0.25) is 0 Å². The van der Waals surface area contributed by atoms with Crippen LogP contribution >= 0.6 is 0 Å². The Bertz CT molecular complexity index is 789. The standard InChI is InChI=1S/C23H37N3O7/c1-13-11-22(29,12-26-10-6-9-14-7-4-3-5-8-14)23(30)21(31-13)32-20-18(28)15(24)17(27)16(25-2)19(20)33-23/h3-5,7-8,13,15-21,25-30H,6,9-12,24H2,1-2H3/t13-,15-,16+,17+,18+,19-,20?,21+,22-,23-/m1/s1. The molecule has 1 saturated carbocycles. The number of hydrogen-bond acceptors (Lipinski definition) is 10. The fourth-order valence-electron chi connectivity index (χ4n) is 5.28. The van der Waals surface area contributed by atoms with Gasteiger partial charge in [-0.25, -0.2) is 0 Å². The molecule has 10 atom stereocenters. The highest BCUT2D eigenvalue weighted by atomic mass is 16.8. The van der Waals surface area contributed by atoms with Gasteiger partial charge in [-0.05, 0) is 38.9 Å². The van der Waals surface area contributed by atoms with Crippen LogP contribution in [0.5, 0.6) is 0 Å². The second kappa shape index (κ2) is 9.82. The minimum Gasteiger partial charge on any atom is -0.390 e. The van der Waals surface area contributed by atoms with E-state index in [0.29, 0.717) is 6.54 Å². The lowest BCUT2D eigenvalue weighted by atomic mass is 9.78. The molecule has 1 unspecified atom stereocenters. The minimum absolute atomic E-state index is 0.0536. The number of nitrogens with one attached hydrogen (secondary N) is 2. The van der Waals surface area contributed by atoms with Crippen molar-refractivity contribution in [2.24, 2.45) is 5.73 Å². The van der Waals surface area contributed by atoms with Crippen molar-refractivity contribution in [3.05, 3.63) is 35.9 Å². The number of rotatable bonds is 7. The number of benzene rings is 1. The zero-order valence-corrected chi connectivity index (χ0v) is 19.1. The van der Waals surface area contributed by atoms with E-state index in [0.717, 1.165) is 12.8 Å². The maximum atomic E-state index is 11.6. The second-order valence-corrected chi connectivity index (χ2v) is 9.53. The van der Waals surface area contributed by atoms with Gasteiger partial charge in [-0.1, -0.05) is 30.3 Å². The van der Waals surface area contributed by atoms with E-state index in [1.54, 1.807) is 14.0 Å². The molecule has 3 fully saturated rings. The van der Waals surface area contributed by atoms with Gasteiger partial charge in [-0.2, -0.15) is 0 Å². The van der Waals surface area contributed by atoms with Gasteiger partial charge in [-0.15, -0.1) is 0 Å². The van der Waals surface area contributed by atoms with Crippen molar-refractivity contribution in [3.63, 3.8) is 0 Å². The Morgan fingerprint density at radius 2 is 1.82 bits per heavy atom. The van der Waals surface area contributed by atoms with Gasteiger partial charge in [-0.3, -0.25) is 0 Å². The van der Waals surface area contributed by atoms with E-state index in [4.69, 9.17) is 19.9 Å². The summed E-state index contributed by atoms with van der Waals surface area (Å²) in [5, 5.41) is 50.4. The fraction of sp³-hybridized carbons (Fsp3) is 0.739. The van der Waals surface area contributed by atoms with Gasteiger partial charge in [0.05, 0.1) is 24.3 Å². The minimum atomic E-state index is -2.21. The van der Waals surface area contributed by atoms with E-state index >= 15 is 0 Å². The van der Waals surface area contributed by atoms with Gasteiger partial charge in [0.15, 0.2) is 0 Å². The number of nitrogens with two attached hydrogens (primary N) is 1. The Balaban J connectivity index is 1.46. The number of aliphatic hydroxyl groups is 4. The molecule has 0 bridgehead atoms. The number of aliphatic hydroxyl groups excluding tert-OH is 2. The first-order chi connectivity index (χ1) is 15.7.